The molecule has 1 atom stereocenters. The van der Waals surface area contributed by atoms with Gasteiger partial charge in [0.15, 0.2) is 5.75 Å². The number of hydrogen-bond donors (Lipinski definition) is 5. The molecule has 1 heterocycles. The molecule has 0 aliphatic carbocycles. The predicted molar refractivity (Wildman–Crippen MR) is 158 cm³/mol. The van der Waals surface area contributed by atoms with Crippen molar-refractivity contribution in [2.24, 2.45) is 16.0 Å². The van der Waals surface area contributed by atoms with Crippen molar-refractivity contribution in [2.45, 2.75) is 35.1 Å². The number of fused-ring (bicyclic) bond motifs is 1. The largest absolute Gasteiger partial charge is 1.00 e. The number of unbranched alkanes of at least 4 members (excludes halogenated alkanes) is 1. The first-order valence-corrected chi connectivity index (χ1v) is 16.0. The van der Waals surface area contributed by atoms with Gasteiger partial charge in [0, 0.05) is 11.9 Å². The van der Waals surface area contributed by atoms with E-state index in [9.17, 15) is 35.8 Å². The topological polar surface area (TPSA) is 285 Å². The Morgan fingerprint density at radius 2 is 1.62 bits per heavy atom. The van der Waals surface area contributed by atoms with Crippen molar-refractivity contribution in [3.63, 3.8) is 0 Å². The van der Waals surface area contributed by atoms with Crippen molar-refractivity contribution in [3.8, 4) is 5.75 Å². The van der Waals surface area contributed by atoms with Crippen LogP contribution in [0.2, 0.25) is 5.28 Å². The van der Waals surface area contributed by atoms with Gasteiger partial charge in [-0.25, -0.2) is 16.8 Å². The van der Waals surface area contributed by atoms with Crippen molar-refractivity contribution >= 4 is 77.5 Å². The quantitative estimate of drug-likeness (QED) is 0.0407. The number of benzene rings is 3. The Labute approximate surface area is 317 Å². The van der Waals surface area contributed by atoms with Crippen molar-refractivity contribution in [2.75, 3.05) is 17.2 Å². The average Bonchev–Trinajstić information content (AvgIpc) is 2.95. The van der Waals surface area contributed by atoms with Crippen LogP contribution in [0.5, 0.6) is 5.75 Å². The first-order valence-electron chi connectivity index (χ1n) is 12.8. The Hall–Kier alpha value is -2.53. The van der Waals surface area contributed by atoms with Crippen molar-refractivity contribution < 1.29 is 100 Å². The van der Waals surface area contributed by atoms with Gasteiger partial charge in [0.05, 0.1) is 21.2 Å². The van der Waals surface area contributed by atoms with Gasteiger partial charge in [0.2, 0.25) is 17.2 Å². The van der Waals surface area contributed by atoms with Crippen LogP contribution in [0.3, 0.4) is 0 Å². The summed E-state index contributed by atoms with van der Waals surface area (Å²) < 4.78 is 72.3. The molecule has 0 bridgehead atoms. The first-order chi connectivity index (χ1) is 21.1. The Morgan fingerprint density at radius 1 is 0.957 bits per heavy atom. The van der Waals surface area contributed by atoms with E-state index < -0.39 is 53.5 Å². The monoisotopic (exact) mass is 724 g/mol. The zero-order chi connectivity index (χ0) is 32.9. The summed E-state index contributed by atoms with van der Waals surface area (Å²) >= 11 is 6.03. The van der Waals surface area contributed by atoms with Gasteiger partial charge in [-0.3, -0.25) is 4.79 Å². The second kappa shape index (κ2) is 17.2. The third kappa shape index (κ3) is 11.0. The molecule has 1 aromatic heterocycles. The predicted octanol–water partition coefficient (Wildman–Crippen LogP) is -2.65. The average molecular weight is 725 g/mol. The van der Waals surface area contributed by atoms with Gasteiger partial charge in [0.25, 0.3) is 0 Å². The molecule has 47 heavy (non-hydrogen) atoms. The molecule has 238 valence electrons. The third-order valence-corrected chi connectivity index (χ3v) is 7.93. The molecule has 0 aliphatic rings. The van der Waals surface area contributed by atoms with E-state index in [1.807, 2.05) is 0 Å². The fourth-order valence-electron chi connectivity index (χ4n) is 4.01. The molecule has 0 aliphatic heterocycles. The Balaban J connectivity index is 0.00000384. The summed E-state index contributed by atoms with van der Waals surface area (Å²) in [4.78, 5) is 20.9. The van der Waals surface area contributed by atoms with Crippen molar-refractivity contribution in [3.05, 3.63) is 53.8 Å². The number of carbonyl (C=O) groups is 1. The van der Waals surface area contributed by atoms with E-state index >= 15 is 0 Å². The number of aromatic hydroxyl groups is 1. The molecular weight excluding hydrogens is 702 g/mol. The number of phenols is 1. The van der Waals surface area contributed by atoms with Gasteiger partial charge in [0.1, 0.15) is 32.0 Å². The standard InChI is InChI=1S/C25H25ClN8O9S2.2Na/c26-23-30-24(28-9-5-4-8-16(27)22(36)37)32-25(31-23)29-17-12-15(44(38,39)40)10-13-11-18(45(41,42)43)20(21(35)19(13)17)34-33-14-6-2-1-3-7-14;;/h1-3,6-7,10-12,16,35H,4-5,8-9,27H2,(H,36,37)(H,38,39,40)(H,41,42,43)(H2,28,29,30,31,32);;/q;2*+1/p-2. The van der Waals surface area contributed by atoms with Gasteiger partial charge in [-0.2, -0.15) is 20.1 Å². The molecule has 1 unspecified atom stereocenters. The molecule has 0 amide bonds. The maximum absolute atomic E-state index is 12.1. The smallest absolute Gasteiger partial charge is 0.744 e. The summed E-state index contributed by atoms with van der Waals surface area (Å²) in [6, 6.07) is 9.32. The number of phenolic OH excluding ortho intramolecular Hbond substituents is 1. The number of nitrogens with two attached hydrogens (primary N) is 1. The van der Waals surface area contributed by atoms with Gasteiger partial charge in [-0.1, -0.05) is 18.2 Å². The van der Waals surface area contributed by atoms with E-state index in [-0.39, 0.29) is 111 Å². The summed E-state index contributed by atoms with van der Waals surface area (Å²) in [6.07, 6.45) is 1.19. The minimum atomic E-state index is -5.31. The summed E-state index contributed by atoms with van der Waals surface area (Å²) in [5.41, 5.74) is 4.68. The number of aromatic nitrogens is 3. The number of rotatable bonds is 13. The SMILES string of the molecule is NC(CCCCNc1nc(Cl)nc(Nc2cc(S(=O)(=O)[O-])cc3cc(S(=O)(=O)[O-])c(N=Nc4ccccc4)c(O)c23)n1)C(=O)O.[Na+].[Na+]. The molecule has 4 aromatic rings. The van der Waals surface area contributed by atoms with E-state index in [1.54, 1.807) is 18.2 Å². The fraction of sp³-hybridized carbons (Fsp3) is 0.200. The number of hydrogen-bond acceptors (Lipinski definition) is 16. The summed E-state index contributed by atoms with van der Waals surface area (Å²) in [6.45, 7) is 0.280. The number of nitrogens with one attached hydrogen (secondary N) is 2. The first kappa shape index (κ1) is 40.6. The maximum Gasteiger partial charge on any atom is 1.00 e. The Morgan fingerprint density at radius 3 is 2.23 bits per heavy atom. The van der Waals surface area contributed by atoms with E-state index in [0.717, 1.165) is 18.2 Å². The second-order valence-corrected chi connectivity index (χ2v) is 12.4. The van der Waals surface area contributed by atoms with Gasteiger partial charge < -0.3 is 35.7 Å². The minimum absolute atomic E-state index is 0. The summed E-state index contributed by atoms with van der Waals surface area (Å²) in [7, 11) is -10.5. The number of aliphatic carboxylic acids is 1. The fourth-order valence-corrected chi connectivity index (χ4v) is 5.35. The maximum atomic E-state index is 12.1. The molecule has 4 rings (SSSR count). The van der Waals surface area contributed by atoms with Crippen LogP contribution in [0.15, 0.2) is 68.6 Å². The number of carboxylic acids is 1. The summed E-state index contributed by atoms with van der Waals surface area (Å²) in [5.74, 6) is -2.35. The molecule has 3 aromatic carbocycles. The normalized spacial score (nSPS) is 12.3. The van der Waals surface area contributed by atoms with Crippen LogP contribution in [0, 0.1) is 0 Å². The van der Waals surface area contributed by atoms with Crippen LogP contribution >= 0.6 is 11.6 Å². The minimum Gasteiger partial charge on any atom is -0.744 e. The molecular formula is C25H23ClN8Na2O9S2. The number of nitrogens with zero attached hydrogens (tertiary/aromatic N) is 5. The molecule has 0 saturated carbocycles. The van der Waals surface area contributed by atoms with Crippen molar-refractivity contribution in [1.82, 2.24) is 15.0 Å². The second-order valence-electron chi connectivity index (χ2n) is 9.33. The number of azo groups is 1. The molecule has 22 heteroatoms. The summed E-state index contributed by atoms with van der Waals surface area (Å²) in [5, 5.41) is 32.3. The number of halogens is 1. The van der Waals surface area contributed by atoms with E-state index in [1.165, 1.54) is 12.1 Å². The van der Waals surface area contributed by atoms with Crippen LogP contribution < -0.4 is 75.5 Å². The molecule has 0 fully saturated rings. The third-order valence-electron chi connectivity index (χ3n) is 6.10. The number of carboxylic acid groups (broad SMARTS) is 1. The van der Waals surface area contributed by atoms with Gasteiger partial charge in [-0.15, -0.1) is 5.11 Å². The van der Waals surface area contributed by atoms with E-state index in [2.05, 4.69) is 35.8 Å². The zero-order valence-electron chi connectivity index (χ0n) is 24.8. The van der Waals surface area contributed by atoms with Crippen LogP contribution in [0.4, 0.5) is 29.0 Å². The Bertz CT molecular complexity index is 2010. The van der Waals surface area contributed by atoms with Crippen molar-refractivity contribution in [1.29, 1.82) is 0 Å². The number of anilines is 3. The van der Waals surface area contributed by atoms with E-state index in [4.69, 9.17) is 22.4 Å². The van der Waals surface area contributed by atoms with Crippen LogP contribution in [-0.4, -0.2) is 69.7 Å². The van der Waals surface area contributed by atoms with Crippen LogP contribution in [-0.2, 0) is 25.0 Å². The van der Waals surface area contributed by atoms with Gasteiger partial charge in [-0.05, 0) is 66.6 Å². The van der Waals surface area contributed by atoms with Crippen LogP contribution in [0.1, 0.15) is 19.3 Å². The zero-order valence-corrected chi connectivity index (χ0v) is 31.2. The molecule has 0 spiro atoms. The molecule has 17 nitrogen and oxygen atoms in total. The van der Waals surface area contributed by atoms with Gasteiger partial charge >= 0.3 is 65.1 Å². The van der Waals surface area contributed by atoms with Crippen LogP contribution in [0.25, 0.3) is 10.8 Å². The molecule has 6 N–H and O–H groups in total. The molecule has 0 radical (unpaired) electrons. The van der Waals surface area contributed by atoms with E-state index in [0.29, 0.717) is 12.8 Å². The molecule has 0 saturated heterocycles. The Kier molecular flexibility index (Phi) is 14.9.